The Hall–Kier alpha value is -1.25. The van der Waals surface area contributed by atoms with Crippen molar-refractivity contribution >= 4 is 40.5 Å². The summed E-state index contributed by atoms with van der Waals surface area (Å²) in [5.41, 5.74) is 7.39. The molecule has 0 aromatic carbocycles. The number of nitrogens with two attached hydrogens (primary N) is 1. The van der Waals surface area contributed by atoms with Crippen LogP contribution in [0.25, 0.3) is 11.5 Å². The zero-order valence-electron chi connectivity index (χ0n) is 7.32. The molecule has 0 spiro atoms. The van der Waals surface area contributed by atoms with Crippen LogP contribution in [0, 0.1) is 0 Å². The molecule has 0 aliphatic carbocycles. The second kappa shape index (κ2) is 1.99. The number of hydrogen-bond donors (Lipinski definition) is 1. The topological polar surface area (TPSA) is 69.1 Å². The van der Waals surface area contributed by atoms with Crippen LogP contribution in [0.5, 0.6) is 0 Å². The normalized spacial score (nSPS) is 23.8. The molecule has 2 aromatic heterocycles. The number of aromatic nitrogens is 1. The van der Waals surface area contributed by atoms with Crippen LogP contribution in [0.4, 0.5) is 5.69 Å². The maximum Gasteiger partial charge on any atom is 0.214 e. The van der Waals surface area contributed by atoms with Crippen molar-refractivity contribution in [1.82, 2.24) is 4.98 Å². The molecule has 0 fully saturated rings. The van der Waals surface area contributed by atoms with Gasteiger partial charge in [-0.2, -0.15) is 0 Å². The van der Waals surface area contributed by atoms with Crippen LogP contribution < -0.4 is 21.8 Å². The van der Waals surface area contributed by atoms with E-state index in [0.717, 1.165) is 10.6 Å². The van der Waals surface area contributed by atoms with E-state index in [1.807, 2.05) is 0 Å². The molecule has 0 amide bonds. The summed E-state index contributed by atoms with van der Waals surface area (Å²) in [5.74, 6) is 0.581. The van der Waals surface area contributed by atoms with Crippen molar-refractivity contribution in [2.45, 2.75) is 0 Å². The molecule has 5 rings (SSSR count). The van der Waals surface area contributed by atoms with Gasteiger partial charge in [-0.05, 0) is 12.1 Å². The Kier molecular flexibility index (Phi) is 1.06. The van der Waals surface area contributed by atoms with E-state index >= 15 is 0 Å². The standard InChI is InChI=1S/C9H4ClN2O2P/c10-5-2-3(11)1-4(12-5)6-7-8-9(14-6)15(7,8)13/h1-2H,(H2,11,12). The van der Waals surface area contributed by atoms with Crippen LogP contribution in [-0.2, 0) is 4.57 Å². The second-order valence-corrected chi connectivity index (χ2v) is 6.56. The number of anilines is 1. The second-order valence-electron chi connectivity index (χ2n) is 3.65. The molecule has 2 aromatic rings. The summed E-state index contributed by atoms with van der Waals surface area (Å²) in [4.78, 5) is 4.09. The molecular weight excluding hydrogens is 235 g/mol. The summed E-state index contributed by atoms with van der Waals surface area (Å²) < 4.78 is 17.1. The highest BCUT2D eigenvalue weighted by atomic mass is 35.5. The fourth-order valence-electron chi connectivity index (χ4n) is 1.91. The lowest BCUT2D eigenvalue weighted by atomic mass is 10.2. The first-order valence-electron chi connectivity index (χ1n) is 4.34. The highest BCUT2D eigenvalue weighted by Gasteiger charge is 2.74. The Morgan fingerprint density at radius 3 is 2.67 bits per heavy atom. The number of nitrogens with zero attached hydrogens (tertiary/aromatic N) is 1. The fraction of sp³-hybridized carbons (Fsp3) is 0. The van der Waals surface area contributed by atoms with Gasteiger partial charge in [0.05, 0.1) is 10.6 Å². The lowest BCUT2D eigenvalue weighted by molar-refractivity contribution is 0.590. The van der Waals surface area contributed by atoms with Crippen molar-refractivity contribution in [3.63, 3.8) is 0 Å². The minimum atomic E-state index is -2.18. The van der Waals surface area contributed by atoms with Gasteiger partial charge in [-0.25, -0.2) is 4.98 Å². The highest BCUT2D eigenvalue weighted by Crippen LogP contribution is 2.70. The van der Waals surface area contributed by atoms with Crippen molar-refractivity contribution in [3.05, 3.63) is 17.3 Å². The first kappa shape index (κ1) is 7.97. The van der Waals surface area contributed by atoms with Crippen molar-refractivity contribution in [2.75, 3.05) is 5.73 Å². The quantitative estimate of drug-likeness (QED) is 0.394. The number of fused-ring (bicyclic) bond motifs is 1. The Bertz CT molecular complexity index is 662. The monoisotopic (exact) mass is 238 g/mol. The predicted octanol–water partition coefficient (Wildman–Crippen LogP) is 0.843. The molecule has 2 N–H and O–H groups in total. The van der Waals surface area contributed by atoms with Gasteiger partial charge in [0.1, 0.15) is 10.8 Å². The SMILES string of the molecule is Nc1cc(Cl)nc(-c2oc3c4c2P34=O)c1. The number of nitrogen functional groups attached to an aromatic ring is 1. The van der Waals surface area contributed by atoms with Gasteiger partial charge in [-0.1, -0.05) is 11.6 Å². The van der Waals surface area contributed by atoms with E-state index in [0.29, 0.717) is 27.8 Å². The highest BCUT2D eigenvalue weighted by molar-refractivity contribution is 8.06. The minimum absolute atomic E-state index is 0.314. The van der Waals surface area contributed by atoms with Gasteiger partial charge in [0, 0.05) is 5.69 Å². The largest absolute Gasteiger partial charge is 0.449 e. The molecule has 0 saturated heterocycles. The number of furan rings is 1. The number of pyridine rings is 1. The van der Waals surface area contributed by atoms with Crippen molar-refractivity contribution in [1.29, 1.82) is 0 Å². The van der Waals surface area contributed by atoms with Crippen molar-refractivity contribution < 1.29 is 8.98 Å². The maximum atomic E-state index is 11.7. The lowest BCUT2D eigenvalue weighted by Crippen LogP contribution is -1.97. The van der Waals surface area contributed by atoms with E-state index < -0.39 is 7.14 Å². The lowest BCUT2D eigenvalue weighted by Gasteiger charge is -1.98. The van der Waals surface area contributed by atoms with Crippen molar-refractivity contribution in [3.8, 4) is 11.5 Å². The van der Waals surface area contributed by atoms with E-state index in [1.165, 1.54) is 0 Å². The molecule has 3 aliphatic heterocycles. The van der Waals surface area contributed by atoms with Gasteiger partial charge in [0.15, 0.2) is 11.3 Å². The molecule has 74 valence electrons. The van der Waals surface area contributed by atoms with Crippen LogP contribution in [0.15, 0.2) is 16.5 Å². The summed E-state index contributed by atoms with van der Waals surface area (Å²) in [6, 6.07) is 3.23. The zero-order valence-corrected chi connectivity index (χ0v) is 8.97. The Morgan fingerprint density at radius 1 is 1.40 bits per heavy atom. The van der Waals surface area contributed by atoms with Gasteiger partial charge in [0.25, 0.3) is 0 Å². The van der Waals surface area contributed by atoms with Gasteiger partial charge in [0.2, 0.25) is 7.14 Å². The van der Waals surface area contributed by atoms with Gasteiger partial charge < -0.3 is 14.7 Å². The van der Waals surface area contributed by atoms with Crippen LogP contribution >= 0.6 is 18.7 Å². The molecule has 15 heavy (non-hydrogen) atoms. The minimum Gasteiger partial charge on any atom is -0.449 e. The molecule has 4 nitrogen and oxygen atoms in total. The van der Waals surface area contributed by atoms with Gasteiger partial charge >= 0.3 is 0 Å². The summed E-state index contributed by atoms with van der Waals surface area (Å²) in [7, 11) is -2.18. The van der Waals surface area contributed by atoms with Crippen LogP contribution in [0.1, 0.15) is 0 Å². The third kappa shape index (κ3) is 0.736. The summed E-state index contributed by atoms with van der Waals surface area (Å²) in [5, 5.41) is 2.07. The molecule has 2 bridgehead atoms. The number of hydrogen-bond acceptors (Lipinski definition) is 4. The smallest absolute Gasteiger partial charge is 0.214 e. The molecule has 5 heterocycles. The number of rotatable bonds is 1. The van der Waals surface area contributed by atoms with E-state index in [4.69, 9.17) is 21.8 Å². The first-order chi connectivity index (χ1) is 7.12. The molecular formula is C9H4ClN2O2P. The molecule has 6 heteroatoms. The summed E-state index contributed by atoms with van der Waals surface area (Å²) in [6.45, 7) is 0. The summed E-state index contributed by atoms with van der Waals surface area (Å²) >= 11 is 5.78. The summed E-state index contributed by atoms with van der Waals surface area (Å²) in [6.07, 6.45) is 0. The van der Waals surface area contributed by atoms with Gasteiger partial charge in [-0.3, -0.25) is 0 Å². The third-order valence-electron chi connectivity index (χ3n) is 2.71. The Morgan fingerprint density at radius 2 is 2.13 bits per heavy atom. The third-order valence-corrected chi connectivity index (χ3v) is 5.45. The average molecular weight is 239 g/mol. The molecule has 1 unspecified atom stereocenters. The van der Waals surface area contributed by atoms with Crippen LogP contribution in [-0.4, -0.2) is 4.98 Å². The van der Waals surface area contributed by atoms with Crippen LogP contribution in [0.2, 0.25) is 5.15 Å². The van der Waals surface area contributed by atoms with Crippen molar-refractivity contribution in [2.24, 2.45) is 0 Å². The van der Waals surface area contributed by atoms with E-state index in [2.05, 4.69) is 4.98 Å². The van der Waals surface area contributed by atoms with Crippen LogP contribution in [0.3, 0.4) is 0 Å². The molecule has 1 atom stereocenters. The first-order valence-corrected chi connectivity index (χ1v) is 6.43. The molecule has 0 saturated carbocycles. The number of halogens is 1. The van der Waals surface area contributed by atoms with E-state index in [9.17, 15) is 4.57 Å². The fourth-order valence-corrected chi connectivity index (χ4v) is 4.61. The average Bonchev–Trinajstić information content (AvgIpc) is 2.81. The maximum absolute atomic E-state index is 11.7. The predicted molar refractivity (Wildman–Crippen MR) is 57.9 cm³/mol. The molecule has 3 aliphatic rings. The molecule has 0 radical (unpaired) electrons. The van der Waals surface area contributed by atoms with E-state index in [1.54, 1.807) is 12.1 Å². The van der Waals surface area contributed by atoms with E-state index in [-0.39, 0.29) is 0 Å². The Labute approximate surface area is 89.4 Å². The van der Waals surface area contributed by atoms with Gasteiger partial charge in [-0.15, -0.1) is 0 Å². The zero-order chi connectivity index (χ0) is 10.4. The Balaban J connectivity index is 1.96.